The molecule has 3 aliphatic rings. The normalized spacial score (nSPS) is 36.8. The molecule has 0 aromatic rings. The topological polar surface area (TPSA) is 152 Å². The Hall–Kier alpha value is -3.21. The number of ether oxygens (including phenoxy) is 5. The van der Waals surface area contributed by atoms with Gasteiger partial charge in [-0.2, -0.15) is 0 Å². The Kier molecular flexibility index (Phi) is 9.73. The SMILES string of the molecule is CCCC(=O)O[C@@H]1C[C@@H](OC(C)=O)[C@@]2(C)[C@@H](OC(C)=O)CC=C(C)[C@@H]2[C@@H](OC(C)=O)[C@@]2(O)[C@H](C=C1C)OC(=O)[C@@H]2C. The summed E-state index contributed by atoms with van der Waals surface area (Å²) < 4.78 is 29.1. The standard InChI is InChI=1S/C30H42O11/c1-9-10-25(34)40-21-14-23(38-19(6)32)29(8)22(37-18(5)31)12-11-15(2)26(29)27(39-20(7)33)30(36)17(4)28(35)41-24(30)13-16(21)3/h11,13,17,21-24,26-27,36H,9-10,12,14H2,1-8H3/t17-,21+,22-,23+,24-,26+,27+,29+,30-/m0/s1. The lowest BCUT2D eigenvalue weighted by atomic mass is 9.56. The first-order valence-corrected chi connectivity index (χ1v) is 14.1. The van der Waals surface area contributed by atoms with E-state index in [2.05, 4.69) is 0 Å². The van der Waals surface area contributed by atoms with Gasteiger partial charge in [0.05, 0.1) is 11.3 Å². The summed E-state index contributed by atoms with van der Waals surface area (Å²) in [6, 6.07) is 0. The van der Waals surface area contributed by atoms with Crippen LogP contribution in [0.4, 0.5) is 0 Å². The lowest BCUT2D eigenvalue weighted by molar-refractivity contribution is -0.218. The highest BCUT2D eigenvalue weighted by atomic mass is 16.6. The fraction of sp³-hybridized carbons (Fsp3) is 0.700. The number of carbonyl (C=O) groups excluding carboxylic acids is 5. The van der Waals surface area contributed by atoms with Gasteiger partial charge in [-0.25, -0.2) is 0 Å². The van der Waals surface area contributed by atoms with Gasteiger partial charge in [0.25, 0.3) is 0 Å². The van der Waals surface area contributed by atoms with E-state index < -0.39 is 83.2 Å². The van der Waals surface area contributed by atoms with Crippen LogP contribution in [-0.4, -0.2) is 71.1 Å². The zero-order valence-electron chi connectivity index (χ0n) is 25.1. The first-order chi connectivity index (χ1) is 19.1. The van der Waals surface area contributed by atoms with Crippen molar-refractivity contribution in [2.24, 2.45) is 17.3 Å². The summed E-state index contributed by atoms with van der Waals surface area (Å²) in [5, 5.41) is 12.4. The monoisotopic (exact) mass is 578 g/mol. The van der Waals surface area contributed by atoms with Crippen LogP contribution in [0.2, 0.25) is 0 Å². The molecule has 0 radical (unpaired) electrons. The Morgan fingerprint density at radius 2 is 1.56 bits per heavy atom. The Labute approximate surface area is 240 Å². The molecule has 228 valence electrons. The maximum atomic E-state index is 13.0. The van der Waals surface area contributed by atoms with Crippen molar-refractivity contribution < 1.29 is 52.8 Å². The second-order valence-corrected chi connectivity index (χ2v) is 11.6. The molecule has 0 aromatic carbocycles. The van der Waals surface area contributed by atoms with Crippen molar-refractivity contribution in [1.29, 1.82) is 0 Å². The highest BCUT2D eigenvalue weighted by molar-refractivity contribution is 5.78. The maximum Gasteiger partial charge on any atom is 0.312 e. The van der Waals surface area contributed by atoms with Crippen molar-refractivity contribution in [2.75, 3.05) is 0 Å². The first kappa shape index (κ1) is 32.3. The third kappa shape index (κ3) is 6.19. The van der Waals surface area contributed by atoms with Crippen molar-refractivity contribution in [1.82, 2.24) is 0 Å². The van der Waals surface area contributed by atoms with Crippen LogP contribution in [0.1, 0.15) is 81.1 Å². The molecule has 0 aromatic heterocycles. The Balaban J connectivity index is 2.40. The molecule has 1 heterocycles. The Morgan fingerprint density at radius 1 is 0.976 bits per heavy atom. The molecule has 0 unspecified atom stereocenters. The average molecular weight is 579 g/mol. The fourth-order valence-electron chi connectivity index (χ4n) is 6.57. The van der Waals surface area contributed by atoms with Gasteiger partial charge >= 0.3 is 29.8 Å². The van der Waals surface area contributed by atoms with Crippen LogP contribution in [0.15, 0.2) is 23.3 Å². The summed E-state index contributed by atoms with van der Waals surface area (Å²) in [6.45, 7) is 12.2. The minimum Gasteiger partial charge on any atom is -0.462 e. The third-order valence-corrected chi connectivity index (χ3v) is 8.69. The molecule has 0 saturated carbocycles. The summed E-state index contributed by atoms with van der Waals surface area (Å²) in [4.78, 5) is 63.1. The Bertz CT molecular complexity index is 1140. The molecule has 11 nitrogen and oxygen atoms in total. The largest absolute Gasteiger partial charge is 0.462 e. The molecule has 3 rings (SSSR count). The fourth-order valence-corrected chi connectivity index (χ4v) is 6.57. The van der Waals surface area contributed by atoms with Gasteiger partial charge in [0.2, 0.25) is 0 Å². The van der Waals surface area contributed by atoms with Gasteiger partial charge in [0, 0.05) is 46.0 Å². The van der Waals surface area contributed by atoms with Crippen molar-refractivity contribution in [3.63, 3.8) is 0 Å². The first-order valence-electron chi connectivity index (χ1n) is 14.1. The van der Waals surface area contributed by atoms with Crippen LogP contribution in [0.3, 0.4) is 0 Å². The highest BCUT2D eigenvalue weighted by Gasteiger charge is 2.67. The van der Waals surface area contributed by atoms with E-state index in [1.165, 1.54) is 33.8 Å². The van der Waals surface area contributed by atoms with Gasteiger partial charge in [0.15, 0.2) is 11.7 Å². The number of hydrogen-bond donors (Lipinski definition) is 1. The quantitative estimate of drug-likeness (QED) is 0.281. The van der Waals surface area contributed by atoms with Crippen LogP contribution >= 0.6 is 0 Å². The lowest BCUT2D eigenvalue weighted by Gasteiger charge is -2.54. The molecule has 2 aliphatic carbocycles. The van der Waals surface area contributed by atoms with E-state index >= 15 is 0 Å². The van der Waals surface area contributed by atoms with Crippen LogP contribution in [0.25, 0.3) is 0 Å². The molecule has 1 aliphatic heterocycles. The minimum atomic E-state index is -2.08. The summed E-state index contributed by atoms with van der Waals surface area (Å²) in [7, 11) is 0. The zero-order chi connectivity index (χ0) is 30.9. The van der Waals surface area contributed by atoms with Crippen LogP contribution in [0, 0.1) is 17.3 Å². The van der Waals surface area contributed by atoms with E-state index in [0.29, 0.717) is 17.6 Å². The second kappa shape index (κ2) is 12.3. The number of hydrogen-bond acceptors (Lipinski definition) is 11. The minimum absolute atomic E-state index is 0.0309. The van der Waals surface area contributed by atoms with Crippen molar-refractivity contribution >= 4 is 29.8 Å². The van der Waals surface area contributed by atoms with E-state index in [4.69, 9.17) is 23.7 Å². The van der Waals surface area contributed by atoms with E-state index in [9.17, 15) is 29.1 Å². The molecule has 41 heavy (non-hydrogen) atoms. The van der Waals surface area contributed by atoms with Crippen LogP contribution in [-0.2, 0) is 47.7 Å². The van der Waals surface area contributed by atoms with Gasteiger partial charge in [-0.3, -0.25) is 24.0 Å². The lowest BCUT2D eigenvalue weighted by Crippen LogP contribution is -2.65. The molecule has 1 fully saturated rings. The summed E-state index contributed by atoms with van der Waals surface area (Å²) in [5.41, 5.74) is -2.31. The van der Waals surface area contributed by atoms with E-state index in [1.807, 2.05) is 13.0 Å². The molecule has 1 saturated heterocycles. The number of aliphatic hydroxyl groups is 1. The number of carbonyl (C=O) groups is 5. The van der Waals surface area contributed by atoms with Crippen molar-refractivity contribution in [3.05, 3.63) is 23.3 Å². The smallest absolute Gasteiger partial charge is 0.312 e. The van der Waals surface area contributed by atoms with Crippen molar-refractivity contribution in [2.45, 2.75) is 117 Å². The van der Waals surface area contributed by atoms with E-state index in [-0.39, 0.29) is 19.3 Å². The second-order valence-electron chi connectivity index (χ2n) is 11.6. The third-order valence-electron chi connectivity index (χ3n) is 8.69. The zero-order valence-corrected chi connectivity index (χ0v) is 25.1. The molecular formula is C30H42O11. The summed E-state index contributed by atoms with van der Waals surface area (Å²) in [5.74, 6) is -5.17. The van der Waals surface area contributed by atoms with Gasteiger partial charge in [-0.05, 0) is 38.8 Å². The van der Waals surface area contributed by atoms with E-state index in [1.54, 1.807) is 20.8 Å². The Morgan fingerprint density at radius 3 is 2.12 bits per heavy atom. The maximum absolute atomic E-state index is 13.0. The summed E-state index contributed by atoms with van der Waals surface area (Å²) >= 11 is 0. The number of rotatable bonds is 6. The molecule has 0 amide bonds. The molecule has 1 N–H and O–H groups in total. The van der Waals surface area contributed by atoms with Gasteiger partial charge in [-0.15, -0.1) is 0 Å². The van der Waals surface area contributed by atoms with Gasteiger partial charge < -0.3 is 28.8 Å². The van der Waals surface area contributed by atoms with Gasteiger partial charge in [-0.1, -0.05) is 25.5 Å². The summed E-state index contributed by atoms with van der Waals surface area (Å²) in [6.07, 6.45) is -1.32. The van der Waals surface area contributed by atoms with Crippen molar-refractivity contribution in [3.8, 4) is 0 Å². The molecule has 9 atom stereocenters. The van der Waals surface area contributed by atoms with Crippen LogP contribution in [0.5, 0.6) is 0 Å². The molecule has 11 heteroatoms. The predicted octanol–water partition coefficient (Wildman–Crippen LogP) is 3.11. The number of fused-ring (bicyclic) bond motifs is 2. The molecular weight excluding hydrogens is 536 g/mol. The molecule has 0 spiro atoms. The van der Waals surface area contributed by atoms with E-state index in [0.717, 1.165) is 0 Å². The predicted molar refractivity (Wildman–Crippen MR) is 144 cm³/mol. The number of esters is 5. The van der Waals surface area contributed by atoms with Crippen LogP contribution < -0.4 is 0 Å². The highest BCUT2D eigenvalue weighted by Crippen LogP contribution is 2.55. The molecule has 0 bridgehead atoms. The average Bonchev–Trinajstić information content (AvgIpc) is 3.07. The van der Waals surface area contributed by atoms with Gasteiger partial charge in [0.1, 0.15) is 24.4 Å².